The molecule has 1 aliphatic rings. The summed E-state index contributed by atoms with van der Waals surface area (Å²) in [7, 11) is 0. The van der Waals surface area contributed by atoms with Gasteiger partial charge in [-0.25, -0.2) is 0 Å². The molecule has 86 valence electrons. The maximum Gasteiger partial charge on any atom is 0.251 e. The van der Waals surface area contributed by atoms with E-state index in [9.17, 15) is 4.79 Å². The zero-order valence-electron chi connectivity index (χ0n) is 9.35. The Hall–Kier alpha value is -2.29. The number of carbonyl (C=O) groups excluding carboxylic acids is 1. The quantitative estimate of drug-likeness (QED) is 0.804. The first-order valence-electron chi connectivity index (χ1n) is 5.34. The molecule has 17 heavy (non-hydrogen) atoms. The van der Waals surface area contributed by atoms with Crippen LogP contribution in [-0.4, -0.2) is 12.5 Å². The van der Waals surface area contributed by atoms with Crippen LogP contribution >= 0.6 is 0 Å². The Morgan fingerprint density at radius 1 is 1.41 bits per heavy atom. The van der Waals surface area contributed by atoms with Crippen molar-refractivity contribution in [2.75, 3.05) is 6.54 Å². The van der Waals surface area contributed by atoms with Crippen molar-refractivity contribution in [2.45, 2.75) is 0 Å². The summed E-state index contributed by atoms with van der Waals surface area (Å²) in [4.78, 5) is 11.8. The Bertz CT molecular complexity index is 501. The van der Waals surface area contributed by atoms with Gasteiger partial charge in [-0.3, -0.25) is 4.79 Å². The molecule has 0 saturated heterocycles. The minimum absolute atomic E-state index is 0.138. The molecule has 0 bridgehead atoms. The van der Waals surface area contributed by atoms with Crippen molar-refractivity contribution in [1.82, 2.24) is 5.32 Å². The zero-order chi connectivity index (χ0) is 12.1. The van der Waals surface area contributed by atoms with E-state index >= 15 is 0 Å². The van der Waals surface area contributed by atoms with Crippen LogP contribution in [0.4, 0.5) is 0 Å². The van der Waals surface area contributed by atoms with Crippen molar-refractivity contribution in [3.05, 3.63) is 60.4 Å². The second kappa shape index (κ2) is 5.16. The van der Waals surface area contributed by atoms with Crippen molar-refractivity contribution in [3.63, 3.8) is 0 Å². The molecule has 1 aromatic rings. The molecule has 1 N–H and O–H groups in total. The summed E-state index contributed by atoms with van der Waals surface area (Å²) in [5.74, 6) is 0.608. The summed E-state index contributed by atoms with van der Waals surface area (Å²) < 4.78 is 5.40. The second-order valence-electron chi connectivity index (χ2n) is 3.56. The lowest BCUT2D eigenvalue weighted by atomic mass is 10.1. The summed E-state index contributed by atoms with van der Waals surface area (Å²) in [5, 5.41) is 2.73. The number of para-hydroxylation sites is 1. The van der Waals surface area contributed by atoms with E-state index in [4.69, 9.17) is 4.74 Å². The molecule has 2 rings (SSSR count). The summed E-state index contributed by atoms with van der Waals surface area (Å²) in [6.45, 7) is 4.01. The lowest BCUT2D eigenvalue weighted by Gasteiger charge is -2.02. The first kappa shape index (κ1) is 11.2. The van der Waals surface area contributed by atoms with Gasteiger partial charge in [-0.2, -0.15) is 0 Å². The van der Waals surface area contributed by atoms with Crippen LogP contribution < -0.4 is 10.1 Å². The van der Waals surface area contributed by atoms with Gasteiger partial charge in [-0.1, -0.05) is 24.3 Å². The van der Waals surface area contributed by atoms with Gasteiger partial charge in [0, 0.05) is 17.7 Å². The molecule has 0 saturated carbocycles. The second-order valence-corrected chi connectivity index (χ2v) is 3.56. The molecule has 0 aromatic heterocycles. The van der Waals surface area contributed by atoms with Gasteiger partial charge in [0.05, 0.1) is 6.26 Å². The number of ether oxygens (including phenoxy) is 1. The van der Waals surface area contributed by atoms with Gasteiger partial charge >= 0.3 is 0 Å². The molecule has 0 unspecified atom stereocenters. The molecule has 0 aliphatic carbocycles. The number of hydrogen-bond donors (Lipinski definition) is 1. The van der Waals surface area contributed by atoms with Crippen LogP contribution in [-0.2, 0) is 4.79 Å². The molecule has 3 heteroatoms. The number of benzene rings is 1. The molecule has 3 nitrogen and oxygen atoms in total. The molecule has 1 aromatic carbocycles. The third-order valence-corrected chi connectivity index (χ3v) is 2.34. The molecule has 0 atom stereocenters. The lowest BCUT2D eigenvalue weighted by Crippen LogP contribution is -2.24. The van der Waals surface area contributed by atoms with E-state index in [-0.39, 0.29) is 5.91 Å². The Labute approximate surface area is 100 Å². The van der Waals surface area contributed by atoms with E-state index < -0.39 is 0 Å². The number of amides is 1. The minimum Gasteiger partial charge on any atom is -0.464 e. The van der Waals surface area contributed by atoms with E-state index in [1.165, 1.54) is 6.26 Å². The fourth-order valence-corrected chi connectivity index (χ4v) is 1.51. The van der Waals surface area contributed by atoms with Crippen LogP contribution in [0.5, 0.6) is 5.75 Å². The van der Waals surface area contributed by atoms with Crippen LogP contribution in [0.15, 0.2) is 54.8 Å². The fourth-order valence-electron chi connectivity index (χ4n) is 1.51. The first-order valence-corrected chi connectivity index (χ1v) is 5.34. The third-order valence-electron chi connectivity index (χ3n) is 2.34. The molecular formula is C14H13NO2. The first-order chi connectivity index (χ1) is 8.31. The van der Waals surface area contributed by atoms with Crippen molar-refractivity contribution in [3.8, 4) is 5.75 Å². The lowest BCUT2D eigenvalue weighted by molar-refractivity contribution is -0.116. The molecule has 0 radical (unpaired) electrons. The average Bonchev–Trinajstić information content (AvgIpc) is 2.58. The van der Waals surface area contributed by atoms with E-state index in [1.807, 2.05) is 24.3 Å². The van der Waals surface area contributed by atoms with Crippen molar-refractivity contribution in [1.29, 1.82) is 0 Å². The maximum absolute atomic E-state index is 11.8. The highest BCUT2D eigenvalue weighted by Crippen LogP contribution is 2.24. The van der Waals surface area contributed by atoms with E-state index in [1.54, 1.807) is 18.2 Å². The van der Waals surface area contributed by atoms with Crippen LogP contribution in [0.1, 0.15) is 5.56 Å². The average molecular weight is 227 g/mol. The molecule has 1 amide bonds. The van der Waals surface area contributed by atoms with Gasteiger partial charge in [0.25, 0.3) is 5.91 Å². The Kier molecular flexibility index (Phi) is 3.40. The Morgan fingerprint density at radius 3 is 3.06 bits per heavy atom. The molecular weight excluding hydrogens is 214 g/mol. The number of nitrogens with one attached hydrogen (secondary N) is 1. The zero-order valence-corrected chi connectivity index (χ0v) is 9.35. The predicted octanol–water partition coefficient (Wildman–Crippen LogP) is 2.28. The summed E-state index contributed by atoms with van der Waals surface area (Å²) in [6.07, 6.45) is 6.62. The molecule has 0 fully saturated rings. The van der Waals surface area contributed by atoms with Crippen molar-refractivity contribution in [2.24, 2.45) is 0 Å². The van der Waals surface area contributed by atoms with Crippen molar-refractivity contribution >= 4 is 12.0 Å². The molecule has 1 heterocycles. The standard InChI is InChI=1S/C14H13NO2/c1-2-8-15-14(16)12-7-9-17-13-6-4-3-5-11(13)10-12/h2-7,9-10H,1,8H2,(H,15,16). The van der Waals surface area contributed by atoms with E-state index in [0.717, 1.165) is 11.3 Å². The number of rotatable bonds is 3. The summed E-state index contributed by atoms with van der Waals surface area (Å²) >= 11 is 0. The summed E-state index contributed by atoms with van der Waals surface area (Å²) in [6, 6.07) is 7.57. The Balaban J connectivity index is 2.27. The number of hydrogen-bond acceptors (Lipinski definition) is 2. The maximum atomic E-state index is 11.8. The van der Waals surface area contributed by atoms with Crippen LogP contribution in [0.25, 0.3) is 6.08 Å². The monoisotopic (exact) mass is 227 g/mol. The molecule has 0 spiro atoms. The van der Waals surface area contributed by atoms with Gasteiger partial charge in [0.2, 0.25) is 0 Å². The van der Waals surface area contributed by atoms with Crippen molar-refractivity contribution < 1.29 is 9.53 Å². The topological polar surface area (TPSA) is 38.3 Å². The fraction of sp³-hybridized carbons (Fsp3) is 0.0714. The highest BCUT2D eigenvalue weighted by atomic mass is 16.5. The predicted molar refractivity (Wildman–Crippen MR) is 67.4 cm³/mol. The van der Waals surface area contributed by atoms with E-state index in [0.29, 0.717) is 12.1 Å². The van der Waals surface area contributed by atoms with Gasteiger partial charge in [0.15, 0.2) is 0 Å². The summed E-state index contributed by atoms with van der Waals surface area (Å²) in [5.41, 5.74) is 1.46. The number of carbonyl (C=O) groups is 1. The highest BCUT2D eigenvalue weighted by Gasteiger charge is 2.10. The van der Waals surface area contributed by atoms with E-state index in [2.05, 4.69) is 11.9 Å². The van der Waals surface area contributed by atoms with Crippen LogP contribution in [0, 0.1) is 0 Å². The van der Waals surface area contributed by atoms with Gasteiger partial charge in [-0.05, 0) is 18.2 Å². The van der Waals surface area contributed by atoms with Crippen LogP contribution in [0.3, 0.4) is 0 Å². The van der Waals surface area contributed by atoms with Gasteiger partial charge in [-0.15, -0.1) is 6.58 Å². The SMILES string of the molecule is C=CCNC(=O)C1=Cc2ccccc2OC=C1. The largest absolute Gasteiger partial charge is 0.464 e. The third kappa shape index (κ3) is 2.64. The number of fused-ring (bicyclic) bond motifs is 1. The van der Waals surface area contributed by atoms with Crippen LogP contribution in [0.2, 0.25) is 0 Å². The van der Waals surface area contributed by atoms with Gasteiger partial charge < -0.3 is 10.1 Å². The van der Waals surface area contributed by atoms with Gasteiger partial charge in [0.1, 0.15) is 5.75 Å². The normalized spacial score (nSPS) is 12.8. The Morgan fingerprint density at radius 2 is 2.24 bits per heavy atom. The minimum atomic E-state index is -0.138. The molecule has 1 aliphatic heterocycles. The highest BCUT2D eigenvalue weighted by molar-refractivity contribution is 6.01. The smallest absolute Gasteiger partial charge is 0.251 e.